The summed E-state index contributed by atoms with van der Waals surface area (Å²) in [5.41, 5.74) is 7.47. The maximum absolute atomic E-state index is 12.1. The summed E-state index contributed by atoms with van der Waals surface area (Å²) < 4.78 is 11.8. The number of rotatable bonds is 5. The van der Waals surface area contributed by atoms with Gasteiger partial charge in [-0.05, 0) is 42.0 Å². The lowest BCUT2D eigenvalue weighted by atomic mass is 10.1. The molecule has 106 valence electrons. The van der Waals surface area contributed by atoms with Crippen molar-refractivity contribution in [1.29, 1.82) is 0 Å². The van der Waals surface area contributed by atoms with Crippen molar-refractivity contribution in [3.8, 4) is 17.0 Å². The Morgan fingerprint density at radius 1 is 1.10 bits per heavy atom. The second kappa shape index (κ2) is 6.25. The molecule has 0 saturated carbocycles. The van der Waals surface area contributed by atoms with Gasteiger partial charge in [-0.25, -0.2) is 0 Å². The highest BCUT2D eigenvalue weighted by Crippen LogP contribution is 2.22. The van der Waals surface area contributed by atoms with Gasteiger partial charge in [-0.15, -0.1) is 0 Å². The molecule has 5 heteroatoms. The number of ether oxygens (including phenoxy) is 2. The van der Waals surface area contributed by atoms with Gasteiger partial charge in [0, 0.05) is 13.7 Å². The zero-order chi connectivity index (χ0) is 14.5. The summed E-state index contributed by atoms with van der Waals surface area (Å²) in [4.78, 5) is 12.1. The van der Waals surface area contributed by atoms with Crippen LogP contribution in [0.2, 0.25) is 0 Å². The molecule has 0 spiro atoms. The van der Waals surface area contributed by atoms with E-state index in [0.717, 1.165) is 17.0 Å². The molecule has 1 aromatic heterocycles. The Kier molecular flexibility index (Phi) is 4.42. The lowest BCUT2D eigenvalue weighted by molar-refractivity contribution is 0.186. The maximum Gasteiger partial charge on any atom is 0.274 e. The topological polar surface area (TPSA) is 66.5 Å². The van der Waals surface area contributed by atoms with Gasteiger partial charge in [0.1, 0.15) is 5.75 Å². The summed E-state index contributed by atoms with van der Waals surface area (Å²) in [5.74, 6) is 0.773. The van der Waals surface area contributed by atoms with Gasteiger partial charge >= 0.3 is 0 Å². The van der Waals surface area contributed by atoms with Gasteiger partial charge in [-0.2, -0.15) is 0 Å². The number of hydrogen-bond donors (Lipinski definition) is 1. The zero-order valence-electron chi connectivity index (χ0n) is 11.6. The van der Waals surface area contributed by atoms with Crippen LogP contribution in [0.1, 0.15) is 0 Å². The molecular weight excluding hydrogens is 256 g/mol. The highest BCUT2D eigenvalue weighted by atomic mass is 16.5. The molecule has 0 saturated heterocycles. The van der Waals surface area contributed by atoms with Crippen molar-refractivity contribution in [2.24, 2.45) is 0 Å². The Morgan fingerprint density at radius 2 is 1.80 bits per heavy atom. The molecule has 0 amide bonds. The molecule has 2 rings (SSSR count). The van der Waals surface area contributed by atoms with Crippen molar-refractivity contribution >= 4 is 5.69 Å². The molecule has 0 radical (unpaired) electrons. The fourth-order valence-corrected chi connectivity index (χ4v) is 2.01. The number of hydrogen-bond acceptors (Lipinski definition) is 4. The summed E-state index contributed by atoms with van der Waals surface area (Å²) in [6.07, 6.45) is 0. The molecule has 0 aliphatic heterocycles. The lowest BCUT2D eigenvalue weighted by Gasteiger charge is -2.13. The van der Waals surface area contributed by atoms with E-state index in [9.17, 15) is 4.79 Å². The molecular formula is C15H18N2O3. The summed E-state index contributed by atoms with van der Waals surface area (Å²) in [6, 6.07) is 11.0. The molecule has 0 bridgehead atoms. The van der Waals surface area contributed by atoms with Crippen LogP contribution in [0.3, 0.4) is 0 Å². The number of pyridine rings is 1. The minimum absolute atomic E-state index is 0.199. The van der Waals surface area contributed by atoms with Gasteiger partial charge in [0.15, 0.2) is 0 Å². The van der Waals surface area contributed by atoms with E-state index in [1.54, 1.807) is 24.9 Å². The predicted octanol–water partition coefficient (Wildman–Crippen LogP) is 1.75. The fraction of sp³-hybridized carbons (Fsp3) is 0.267. The van der Waals surface area contributed by atoms with Crippen LogP contribution in [0.4, 0.5) is 5.69 Å². The third-order valence-electron chi connectivity index (χ3n) is 3.11. The number of nitrogens with two attached hydrogens (primary N) is 1. The number of aromatic nitrogens is 1. The Labute approximate surface area is 117 Å². The van der Waals surface area contributed by atoms with Crippen molar-refractivity contribution in [2.45, 2.75) is 6.54 Å². The van der Waals surface area contributed by atoms with Crippen LogP contribution in [0.5, 0.6) is 5.75 Å². The molecule has 1 heterocycles. The van der Waals surface area contributed by atoms with Crippen molar-refractivity contribution in [2.75, 3.05) is 26.6 Å². The highest BCUT2D eigenvalue weighted by Gasteiger charge is 2.09. The molecule has 0 atom stereocenters. The van der Waals surface area contributed by atoms with E-state index in [-0.39, 0.29) is 11.2 Å². The van der Waals surface area contributed by atoms with Gasteiger partial charge in [0.2, 0.25) is 0 Å². The van der Waals surface area contributed by atoms with Crippen LogP contribution < -0.4 is 16.0 Å². The average molecular weight is 274 g/mol. The van der Waals surface area contributed by atoms with Crippen molar-refractivity contribution in [3.05, 3.63) is 46.8 Å². The first-order valence-electron chi connectivity index (χ1n) is 6.30. The van der Waals surface area contributed by atoms with Crippen molar-refractivity contribution < 1.29 is 9.47 Å². The smallest absolute Gasteiger partial charge is 0.274 e. The van der Waals surface area contributed by atoms with Crippen LogP contribution in [-0.2, 0) is 11.3 Å². The van der Waals surface area contributed by atoms with Gasteiger partial charge in [0.25, 0.3) is 5.56 Å². The Hall–Kier alpha value is -2.27. The largest absolute Gasteiger partial charge is 0.497 e. The molecule has 20 heavy (non-hydrogen) atoms. The van der Waals surface area contributed by atoms with Crippen LogP contribution in [0.15, 0.2) is 41.2 Å². The van der Waals surface area contributed by atoms with E-state index in [2.05, 4.69) is 0 Å². The summed E-state index contributed by atoms with van der Waals surface area (Å²) in [7, 11) is 3.22. The van der Waals surface area contributed by atoms with Crippen LogP contribution in [-0.4, -0.2) is 25.4 Å². The van der Waals surface area contributed by atoms with Gasteiger partial charge in [-0.1, -0.05) is 0 Å². The highest BCUT2D eigenvalue weighted by molar-refractivity contribution is 5.62. The van der Waals surface area contributed by atoms with E-state index in [1.807, 2.05) is 30.3 Å². The average Bonchev–Trinajstić information content (AvgIpc) is 2.49. The first-order valence-corrected chi connectivity index (χ1v) is 6.30. The molecule has 5 nitrogen and oxygen atoms in total. The fourth-order valence-electron chi connectivity index (χ4n) is 2.01. The standard InChI is InChI=1S/C15H18N2O3/c1-19-10-9-17-14(8-7-13(16)15(17)18)11-3-5-12(20-2)6-4-11/h3-8H,9-10,16H2,1-2H3. The number of benzene rings is 1. The second-order valence-electron chi connectivity index (χ2n) is 4.35. The first kappa shape index (κ1) is 14.1. The SMILES string of the molecule is COCCn1c(-c2ccc(OC)cc2)ccc(N)c1=O. The van der Waals surface area contributed by atoms with Crippen LogP contribution in [0.25, 0.3) is 11.3 Å². The second-order valence-corrected chi connectivity index (χ2v) is 4.35. The van der Waals surface area contributed by atoms with E-state index < -0.39 is 0 Å². The predicted molar refractivity (Wildman–Crippen MR) is 79.0 cm³/mol. The normalized spacial score (nSPS) is 10.5. The Balaban J connectivity index is 2.48. The number of anilines is 1. The van der Waals surface area contributed by atoms with Crippen LogP contribution in [0, 0.1) is 0 Å². The van der Waals surface area contributed by atoms with E-state index >= 15 is 0 Å². The Morgan fingerprint density at radius 3 is 2.40 bits per heavy atom. The Bertz CT molecular complexity index is 633. The molecule has 0 aliphatic carbocycles. The molecule has 0 aliphatic rings. The molecule has 1 aromatic carbocycles. The molecule has 0 fully saturated rings. The minimum Gasteiger partial charge on any atom is -0.497 e. The number of nitrogen functional groups attached to an aromatic ring is 1. The van der Waals surface area contributed by atoms with Gasteiger partial charge in [-0.3, -0.25) is 4.79 Å². The third kappa shape index (κ3) is 2.83. The number of methoxy groups -OCH3 is 2. The number of nitrogens with zero attached hydrogens (tertiary/aromatic N) is 1. The maximum atomic E-state index is 12.1. The summed E-state index contributed by atoms with van der Waals surface area (Å²) in [6.45, 7) is 0.911. The van der Waals surface area contributed by atoms with Crippen molar-refractivity contribution in [3.63, 3.8) is 0 Å². The molecule has 2 aromatic rings. The monoisotopic (exact) mass is 274 g/mol. The van der Waals surface area contributed by atoms with E-state index in [4.69, 9.17) is 15.2 Å². The summed E-state index contributed by atoms with van der Waals surface area (Å²) >= 11 is 0. The summed E-state index contributed by atoms with van der Waals surface area (Å²) in [5, 5.41) is 0. The van der Waals surface area contributed by atoms with E-state index in [1.165, 1.54) is 0 Å². The lowest BCUT2D eigenvalue weighted by Crippen LogP contribution is -2.25. The first-order chi connectivity index (χ1) is 9.67. The molecule has 2 N–H and O–H groups in total. The third-order valence-corrected chi connectivity index (χ3v) is 3.11. The van der Waals surface area contributed by atoms with Crippen LogP contribution >= 0.6 is 0 Å². The van der Waals surface area contributed by atoms with Gasteiger partial charge < -0.3 is 19.8 Å². The van der Waals surface area contributed by atoms with Crippen molar-refractivity contribution in [1.82, 2.24) is 4.57 Å². The quantitative estimate of drug-likeness (QED) is 0.902. The zero-order valence-corrected chi connectivity index (χ0v) is 11.6. The molecule has 0 unspecified atom stereocenters. The van der Waals surface area contributed by atoms with E-state index in [0.29, 0.717) is 13.2 Å². The minimum atomic E-state index is -0.199. The van der Waals surface area contributed by atoms with Gasteiger partial charge in [0.05, 0.1) is 25.1 Å².